The minimum absolute atomic E-state index is 0.0294. The summed E-state index contributed by atoms with van der Waals surface area (Å²) in [5.74, 6) is -0.0294. The minimum Gasteiger partial charge on any atom is -0.346 e. The second-order valence-electron chi connectivity index (χ2n) is 5.28. The zero-order chi connectivity index (χ0) is 13.2. The van der Waals surface area contributed by atoms with Crippen LogP contribution in [0.25, 0.3) is 0 Å². The first kappa shape index (κ1) is 13.0. The number of hydrogen-bond donors (Lipinski definition) is 2. The van der Waals surface area contributed by atoms with Crippen LogP contribution in [-0.2, 0) is 6.42 Å². The summed E-state index contributed by atoms with van der Waals surface area (Å²) in [4.78, 5) is 19.0. The van der Waals surface area contributed by atoms with Gasteiger partial charge in [-0.25, -0.2) is 4.98 Å². The van der Waals surface area contributed by atoms with Gasteiger partial charge in [-0.15, -0.1) is 11.3 Å². The molecule has 0 aliphatic carbocycles. The van der Waals surface area contributed by atoms with Crippen LogP contribution in [0.5, 0.6) is 0 Å². The van der Waals surface area contributed by atoms with Crippen molar-refractivity contribution in [1.29, 1.82) is 0 Å². The first-order valence-electron chi connectivity index (χ1n) is 6.97. The molecular weight excluding hydrogens is 260 g/mol. The highest BCUT2D eigenvalue weighted by atomic mass is 32.1. The van der Waals surface area contributed by atoms with E-state index in [9.17, 15) is 4.79 Å². The largest absolute Gasteiger partial charge is 0.346 e. The number of nitrogens with one attached hydrogen (secondary N) is 1. The molecule has 5 nitrogen and oxygen atoms in total. The SMILES string of the molecule is NCCc1nc(C(=O)NC2CCN3CCCC23)cs1. The van der Waals surface area contributed by atoms with Crippen molar-refractivity contribution in [2.24, 2.45) is 5.73 Å². The Kier molecular flexibility index (Phi) is 3.81. The molecule has 1 amide bonds. The van der Waals surface area contributed by atoms with Crippen molar-refractivity contribution < 1.29 is 4.79 Å². The first-order chi connectivity index (χ1) is 9.28. The van der Waals surface area contributed by atoms with Crippen LogP contribution in [0.1, 0.15) is 34.8 Å². The molecule has 0 aromatic carbocycles. The maximum atomic E-state index is 12.2. The molecule has 2 unspecified atom stereocenters. The molecule has 0 radical (unpaired) electrons. The molecule has 0 spiro atoms. The third-order valence-electron chi connectivity index (χ3n) is 4.07. The molecule has 3 heterocycles. The molecule has 6 heteroatoms. The topological polar surface area (TPSA) is 71.2 Å². The molecule has 0 saturated carbocycles. The normalized spacial score (nSPS) is 26.6. The van der Waals surface area contributed by atoms with E-state index in [1.54, 1.807) is 0 Å². The van der Waals surface area contributed by atoms with Gasteiger partial charge >= 0.3 is 0 Å². The van der Waals surface area contributed by atoms with Crippen molar-refractivity contribution in [1.82, 2.24) is 15.2 Å². The van der Waals surface area contributed by atoms with Crippen LogP contribution in [0.4, 0.5) is 0 Å². The molecule has 104 valence electrons. The number of rotatable bonds is 4. The number of carbonyl (C=O) groups excluding carboxylic acids is 1. The van der Waals surface area contributed by atoms with E-state index in [-0.39, 0.29) is 5.91 Å². The number of fused-ring (bicyclic) bond motifs is 1. The van der Waals surface area contributed by atoms with E-state index in [1.807, 2.05) is 5.38 Å². The van der Waals surface area contributed by atoms with Crippen molar-refractivity contribution in [3.8, 4) is 0 Å². The highest BCUT2D eigenvalue weighted by molar-refractivity contribution is 7.09. The van der Waals surface area contributed by atoms with E-state index in [2.05, 4.69) is 15.2 Å². The Morgan fingerprint density at radius 1 is 1.53 bits per heavy atom. The minimum atomic E-state index is -0.0294. The lowest BCUT2D eigenvalue weighted by Gasteiger charge is -2.20. The average molecular weight is 280 g/mol. The Balaban J connectivity index is 1.61. The van der Waals surface area contributed by atoms with E-state index in [1.165, 1.54) is 30.7 Å². The van der Waals surface area contributed by atoms with Gasteiger partial charge < -0.3 is 11.1 Å². The third-order valence-corrected chi connectivity index (χ3v) is 4.97. The van der Waals surface area contributed by atoms with Crippen molar-refractivity contribution >= 4 is 17.2 Å². The van der Waals surface area contributed by atoms with Gasteiger partial charge in [0.15, 0.2) is 0 Å². The smallest absolute Gasteiger partial charge is 0.271 e. The van der Waals surface area contributed by atoms with Crippen LogP contribution in [0.15, 0.2) is 5.38 Å². The van der Waals surface area contributed by atoms with Gasteiger partial charge in [-0.1, -0.05) is 0 Å². The Hall–Kier alpha value is -0.980. The summed E-state index contributed by atoms with van der Waals surface area (Å²) in [6.07, 6.45) is 4.28. The van der Waals surface area contributed by atoms with E-state index >= 15 is 0 Å². The van der Waals surface area contributed by atoms with Gasteiger partial charge in [0.05, 0.1) is 5.01 Å². The molecule has 0 bridgehead atoms. The zero-order valence-corrected chi connectivity index (χ0v) is 11.8. The van der Waals surface area contributed by atoms with Gasteiger partial charge in [0.1, 0.15) is 5.69 Å². The summed E-state index contributed by atoms with van der Waals surface area (Å²) in [7, 11) is 0. The summed E-state index contributed by atoms with van der Waals surface area (Å²) in [6.45, 7) is 2.88. The number of hydrogen-bond acceptors (Lipinski definition) is 5. The molecule has 1 aromatic heterocycles. The van der Waals surface area contributed by atoms with Crippen LogP contribution in [0.3, 0.4) is 0 Å². The molecule has 2 atom stereocenters. The highest BCUT2D eigenvalue weighted by Crippen LogP contribution is 2.28. The van der Waals surface area contributed by atoms with E-state index in [0.717, 1.165) is 24.4 Å². The molecule has 2 saturated heterocycles. The van der Waals surface area contributed by atoms with Crippen molar-refractivity contribution in [2.75, 3.05) is 19.6 Å². The number of nitrogens with zero attached hydrogens (tertiary/aromatic N) is 2. The first-order valence-corrected chi connectivity index (χ1v) is 7.85. The predicted octanol–water partition coefficient (Wildman–Crippen LogP) is 0.611. The number of thiazole rings is 1. The van der Waals surface area contributed by atoms with E-state index in [4.69, 9.17) is 5.73 Å². The summed E-state index contributed by atoms with van der Waals surface area (Å²) in [6, 6.07) is 0.848. The molecule has 19 heavy (non-hydrogen) atoms. The van der Waals surface area contributed by atoms with Crippen LogP contribution in [0.2, 0.25) is 0 Å². The highest BCUT2D eigenvalue weighted by Gasteiger charge is 2.38. The van der Waals surface area contributed by atoms with Crippen molar-refractivity contribution in [3.63, 3.8) is 0 Å². The number of nitrogens with two attached hydrogens (primary N) is 1. The number of amides is 1. The number of carbonyl (C=O) groups is 1. The monoisotopic (exact) mass is 280 g/mol. The maximum absolute atomic E-state index is 12.2. The summed E-state index contributed by atoms with van der Waals surface area (Å²) in [5, 5.41) is 5.94. The lowest BCUT2D eigenvalue weighted by Crippen LogP contribution is -2.42. The molecule has 2 aliphatic rings. The molecule has 2 fully saturated rings. The van der Waals surface area contributed by atoms with Crippen molar-refractivity contribution in [3.05, 3.63) is 16.1 Å². The van der Waals surface area contributed by atoms with Gasteiger partial charge in [0.25, 0.3) is 5.91 Å². The van der Waals surface area contributed by atoms with Gasteiger partial charge in [-0.05, 0) is 32.4 Å². The van der Waals surface area contributed by atoms with Crippen LogP contribution in [-0.4, -0.2) is 47.5 Å². The Labute approximate surface area is 117 Å². The lowest BCUT2D eigenvalue weighted by atomic mass is 10.1. The molecular formula is C13H20N4OS. The number of aromatic nitrogens is 1. The van der Waals surface area contributed by atoms with Gasteiger partial charge in [0, 0.05) is 30.4 Å². The second-order valence-corrected chi connectivity index (χ2v) is 6.22. The maximum Gasteiger partial charge on any atom is 0.271 e. The van der Waals surface area contributed by atoms with Gasteiger partial charge in [-0.2, -0.15) is 0 Å². The Morgan fingerprint density at radius 3 is 3.26 bits per heavy atom. The predicted molar refractivity (Wildman–Crippen MR) is 75.3 cm³/mol. The fraction of sp³-hybridized carbons (Fsp3) is 0.692. The standard InChI is InChI=1S/C13H20N4OS/c14-5-3-12-15-10(8-19-12)13(18)16-9-4-7-17-6-1-2-11(9)17/h8-9,11H,1-7,14H2,(H,16,18). The summed E-state index contributed by atoms with van der Waals surface area (Å²) in [5.41, 5.74) is 6.04. The average Bonchev–Trinajstić information content (AvgIpc) is 3.07. The fourth-order valence-electron chi connectivity index (χ4n) is 3.15. The molecule has 3 N–H and O–H groups in total. The molecule has 3 rings (SSSR count). The van der Waals surface area contributed by atoms with Gasteiger partial charge in [-0.3, -0.25) is 9.69 Å². The Bertz CT molecular complexity index is 461. The fourth-order valence-corrected chi connectivity index (χ4v) is 3.94. The molecule has 1 aromatic rings. The zero-order valence-electron chi connectivity index (χ0n) is 11.0. The van der Waals surface area contributed by atoms with Crippen LogP contribution < -0.4 is 11.1 Å². The van der Waals surface area contributed by atoms with E-state index in [0.29, 0.717) is 24.3 Å². The lowest BCUT2D eigenvalue weighted by molar-refractivity contribution is 0.0925. The third kappa shape index (κ3) is 2.66. The van der Waals surface area contributed by atoms with Crippen LogP contribution >= 0.6 is 11.3 Å². The Morgan fingerprint density at radius 2 is 2.42 bits per heavy atom. The summed E-state index contributed by atoms with van der Waals surface area (Å²) < 4.78 is 0. The quantitative estimate of drug-likeness (QED) is 0.848. The van der Waals surface area contributed by atoms with Gasteiger partial charge in [0.2, 0.25) is 0 Å². The summed E-state index contributed by atoms with van der Waals surface area (Å²) >= 11 is 1.52. The van der Waals surface area contributed by atoms with Crippen LogP contribution in [0, 0.1) is 0 Å². The second kappa shape index (κ2) is 5.56. The van der Waals surface area contributed by atoms with Crippen molar-refractivity contribution in [2.45, 2.75) is 37.8 Å². The molecule has 2 aliphatic heterocycles. The van der Waals surface area contributed by atoms with E-state index < -0.39 is 0 Å².